The second-order valence-electron chi connectivity index (χ2n) is 2.75. The average Bonchev–Trinajstić information content (AvgIpc) is 2.13. The molecular formula is C7H2ClF3N2O5. The molecule has 7 nitrogen and oxygen atoms in total. The Morgan fingerprint density at radius 1 is 1.56 bits per heavy atom. The van der Waals surface area contributed by atoms with Gasteiger partial charge in [0, 0.05) is 0 Å². The fourth-order valence-electron chi connectivity index (χ4n) is 0.994. The number of hydrogen-bond donors (Lipinski definition) is 1. The maximum atomic E-state index is 11.9. The molecule has 0 saturated carbocycles. The molecule has 0 bridgehead atoms. The predicted octanol–water partition coefficient (Wildman–Crippen LogP) is 1.97. The zero-order valence-corrected chi connectivity index (χ0v) is 8.82. The van der Waals surface area contributed by atoms with Gasteiger partial charge in [-0.2, -0.15) is 0 Å². The van der Waals surface area contributed by atoms with Crippen LogP contribution >= 0.6 is 11.6 Å². The minimum absolute atomic E-state index is 0.265. The largest absolute Gasteiger partial charge is 0.573 e. The first-order chi connectivity index (χ1) is 8.13. The maximum absolute atomic E-state index is 11.9. The molecule has 0 fully saturated rings. The molecule has 0 aromatic carbocycles. The van der Waals surface area contributed by atoms with Crippen molar-refractivity contribution in [3.8, 4) is 11.5 Å². The van der Waals surface area contributed by atoms with Crippen LogP contribution in [-0.4, -0.2) is 26.6 Å². The molecule has 1 heterocycles. The van der Waals surface area contributed by atoms with E-state index < -0.39 is 39.4 Å². The van der Waals surface area contributed by atoms with E-state index in [2.05, 4.69) is 9.72 Å². The van der Waals surface area contributed by atoms with Crippen LogP contribution in [0, 0.1) is 10.1 Å². The van der Waals surface area contributed by atoms with Gasteiger partial charge >= 0.3 is 12.0 Å². The number of ether oxygens (including phenoxy) is 1. The molecule has 1 rings (SSSR count). The van der Waals surface area contributed by atoms with Crippen LogP contribution in [0.3, 0.4) is 0 Å². The van der Waals surface area contributed by atoms with E-state index in [0.717, 1.165) is 0 Å². The highest BCUT2D eigenvalue weighted by Gasteiger charge is 2.37. The van der Waals surface area contributed by atoms with Gasteiger partial charge in [-0.1, -0.05) is 0 Å². The van der Waals surface area contributed by atoms with E-state index in [0.29, 0.717) is 0 Å². The van der Waals surface area contributed by atoms with E-state index in [9.17, 15) is 33.2 Å². The van der Waals surface area contributed by atoms with Gasteiger partial charge in [0.15, 0.2) is 5.69 Å². The number of aromatic nitrogens is 1. The minimum atomic E-state index is -5.22. The van der Waals surface area contributed by atoms with Crippen molar-refractivity contribution in [2.24, 2.45) is 0 Å². The molecule has 0 aliphatic carbocycles. The summed E-state index contributed by atoms with van der Waals surface area (Å²) in [6.45, 7) is 0. The Morgan fingerprint density at radius 2 is 2.11 bits per heavy atom. The summed E-state index contributed by atoms with van der Waals surface area (Å²) < 4.78 is 39.1. The van der Waals surface area contributed by atoms with Gasteiger partial charge < -0.3 is 9.84 Å². The Morgan fingerprint density at radius 3 is 2.50 bits per heavy atom. The van der Waals surface area contributed by atoms with Crippen molar-refractivity contribution in [1.29, 1.82) is 0 Å². The molecular weight excluding hydrogens is 285 g/mol. The number of halogens is 4. The van der Waals surface area contributed by atoms with Crippen LogP contribution in [0.25, 0.3) is 0 Å². The van der Waals surface area contributed by atoms with E-state index in [4.69, 9.17) is 11.6 Å². The van der Waals surface area contributed by atoms with Crippen molar-refractivity contribution in [2.45, 2.75) is 6.36 Å². The number of carbonyl (C=O) groups is 1. The molecule has 0 saturated heterocycles. The molecule has 18 heavy (non-hydrogen) atoms. The Labute approximate surface area is 101 Å². The molecule has 0 spiro atoms. The van der Waals surface area contributed by atoms with E-state index in [1.165, 1.54) is 0 Å². The highest BCUT2D eigenvalue weighted by molar-refractivity contribution is 6.67. The van der Waals surface area contributed by atoms with Crippen molar-refractivity contribution >= 4 is 22.5 Å². The summed E-state index contributed by atoms with van der Waals surface area (Å²) in [6.07, 6.45) is -4.95. The van der Waals surface area contributed by atoms with Gasteiger partial charge in [0.1, 0.15) is 0 Å². The first-order valence-corrected chi connectivity index (χ1v) is 4.33. The van der Waals surface area contributed by atoms with Gasteiger partial charge in [-0.15, -0.1) is 13.2 Å². The highest BCUT2D eigenvalue weighted by Crippen LogP contribution is 2.39. The Hall–Kier alpha value is -2.10. The molecule has 1 aromatic rings. The summed E-state index contributed by atoms with van der Waals surface area (Å²) in [5, 5.41) is 18.4. The third-order valence-corrected chi connectivity index (χ3v) is 1.77. The van der Waals surface area contributed by atoms with Crippen LogP contribution in [0.4, 0.5) is 18.9 Å². The van der Waals surface area contributed by atoms with Crippen LogP contribution < -0.4 is 4.74 Å². The fourth-order valence-corrected chi connectivity index (χ4v) is 1.13. The highest BCUT2D eigenvalue weighted by atomic mass is 35.5. The number of pyridine rings is 1. The van der Waals surface area contributed by atoms with Crippen LogP contribution in [-0.2, 0) is 0 Å². The lowest BCUT2D eigenvalue weighted by Crippen LogP contribution is -2.18. The van der Waals surface area contributed by atoms with E-state index in [-0.39, 0.29) is 6.20 Å². The van der Waals surface area contributed by atoms with Crippen molar-refractivity contribution in [3.05, 3.63) is 22.0 Å². The second kappa shape index (κ2) is 4.64. The second-order valence-corrected chi connectivity index (χ2v) is 3.09. The molecule has 98 valence electrons. The third-order valence-electron chi connectivity index (χ3n) is 1.59. The lowest BCUT2D eigenvalue weighted by atomic mass is 10.3. The fraction of sp³-hybridized carbons (Fsp3) is 0.143. The smallest absolute Gasteiger partial charge is 0.500 e. The van der Waals surface area contributed by atoms with Crippen molar-refractivity contribution < 1.29 is 32.7 Å². The first-order valence-electron chi connectivity index (χ1n) is 3.95. The standard InChI is InChI=1S/C7H2ClF3N2O5/c8-6(15)3-5(14)4(13(16)17)2(1-12-3)18-7(9,10)11/h1,14H. The van der Waals surface area contributed by atoms with Gasteiger partial charge in [-0.25, -0.2) is 4.98 Å². The van der Waals surface area contributed by atoms with Gasteiger partial charge in [-0.05, 0) is 11.6 Å². The number of nitrogens with zero attached hydrogens (tertiary/aromatic N) is 2. The molecule has 0 atom stereocenters. The van der Waals surface area contributed by atoms with Crippen LogP contribution in [0.15, 0.2) is 6.20 Å². The maximum Gasteiger partial charge on any atom is 0.573 e. The Kier molecular flexibility index (Phi) is 3.60. The average molecular weight is 287 g/mol. The summed E-state index contributed by atoms with van der Waals surface area (Å²) in [6, 6.07) is 0. The summed E-state index contributed by atoms with van der Waals surface area (Å²) in [7, 11) is 0. The van der Waals surface area contributed by atoms with Gasteiger partial charge in [0.2, 0.25) is 11.5 Å². The summed E-state index contributed by atoms with van der Waals surface area (Å²) >= 11 is 4.92. The minimum Gasteiger partial charge on any atom is -0.500 e. The number of carbonyl (C=O) groups excluding carboxylic acids is 1. The number of nitro groups is 1. The zero-order chi connectivity index (χ0) is 14.1. The normalized spacial score (nSPS) is 11.1. The molecule has 1 aromatic heterocycles. The molecule has 0 unspecified atom stereocenters. The first kappa shape index (κ1) is 14.0. The van der Waals surface area contributed by atoms with Crippen molar-refractivity contribution in [1.82, 2.24) is 4.98 Å². The molecule has 0 amide bonds. The van der Waals surface area contributed by atoms with E-state index in [1.54, 1.807) is 0 Å². The lowest BCUT2D eigenvalue weighted by molar-refractivity contribution is -0.389. The summed E-state index contributed by atoms with van der Waals surface area (Å²) in [4.78, 5) is 22.9. The van der Waals surface area contributed by atoms with Crippen LogP contribution in [0.5, 0.6) is 11.5 Å². The van der Waals surface area contributed by atoms with Crippen molar-refractivity contribution in [2.75, 3.05) is 0 Å². The topological polar surface area (TPSA) is 103 Å². The predicted molar refractivity (Wildman–Crippen MR) is 49.4 cm³/mol. The van der Waals surface area contributed by atoms with Crippen molar-refractivity contribution in [3.63, 3.8) is 0 Å². The number of hydrogen-bond acceptors (Lipinski definition) is 6. The number of alkyl halides is 3. The Balaban J connectivity index is 3.42. The molecule has 0 aliphatic heterocycles. The summed E-state index contributed by atoms with van der Waals surface area (Å²) in [5.41, 5.74) is -2.40. The zero-order valence-electron chi connectivity index (χ0n) is 8.06. The molecule has 0 aliphatic rings. The van der Waals surface area contributed by atoms with Gasteiger partial charge in [-0.3, -0.25) is 14.9 Å². The monoisotopic (exact) mass is 286 g/mol. The van der Waals surface area contributed by atoms with Crippen LogP contribution in [0.2, 0.25) is 0 Å². The quantitative estimate of drug-likeness (QED) is 0.517. The third kappa shape index (κ3) is 2.97. The number of aromatic hydroxyl groups is 1. The van der Waals surface area contributed by atoms with E-state index >= 15 is 0 Å². The van der Waals surface area contributed by atoms with Crippen LogP contribution in [0.1, 0.15) is 10.5 Å². The molecule has 0 radical (unpaired) electrons. The van der Waals surface area contributed by atoms with E-state index in [1.807, 2.05) is 0 Å². The Bertz CT molecular complexity index is 519. The van der Waals surface area contributed by atoms with Gasteiger partial charge in [0.05, 0.1) is 11.1 Å². The molecule has 1 N–H and O–H groups in total. The number of rotatable bonds is 3. The lowest BCUT2D eigenvalue weighted by Gasteiger charge is -2.09. The molecule has 11 heteroatoms. The SMILES string of the molecule is O=C(Cl)c1ncc(OC(F)(F)F)c([N+](=O)[O-])c1O. The van der Waals surface area contributed by atoms with Gasteiger partial charge in [0.25, 0.3) is 5.24 Å². The summed E-state index contributed by atoms with van der Waals surface area (Å²) in [5.74, 6) is -2.76.